The van der Waals surface area contributed by atoms with Crippen LogP contribution in [0.2, 0.25) is 0 Å². The summed E-state index contributed by atoms with van der Waals surface area (Å²) in [5, 5.41) is 7.71. The predicted octanol–water partition coefficient (Wildman–Crippen LogP) is 4.76. The van der Waals surface area contributed by atoms with Gasteiger partial charge in [0.2, 0.25) is 0 Å². The van der Waals surface area contributed by atoms with Gasteiger partial charge in [-0.05, 0) is 64.4 Å². The normalized spacial score (nSPS) is 21.9. The number of nitrogens with zero attached hydrogens (tertiary/aromatic N) is 2. The van der Waals surface area contributed by atoms with Gasteiger partial charge in [-0.2, -0.15) is 0 Å². The molecule has 1 aromatic carbocycles. The SMILES string of the molecule is Cc1noc(C)c1-c1cc(N2C=CC=CC2C)ccc1OC[C@H]1CCCCN1. The molecular formula is C23H29N3O2. The Balaban J connectivity index is 1.67. The van der Waals surface area contributed by atoms with E-state index in [1.165, 1.54) is 19.3 Å². The van der Waals surface area contributed by atoms with Crippen molar-refractivity contribution in [3.63, 3.8) is 0 Å². The summed E-state index contributed by atoms with van der Waals surface area (Å²) in [5.41, 5.74) is 4.08. The minimum absolute atomic E-state index is 0.306. The second kappa shape index (κ2) is 8.23. The molecule has 1 unspecified atom stereocenters. The highest BCUT2D eigenvalue weighted by Crippen LogP contribution is 2.38. The Bertz CT molecular complexity index is 858. The van der Waals surface area contributed by atoms with Crippen molar-refractivity contribution >= 4 is 5.69 Å². The maximum absolute atomic E-state index is 6.30. The van der Waals surface area contributed by atoms with Gasteiger partial charge in [0.1, 0.15) is 18.1 Å². The smallest absolute Gasteiger partial charge is 0.141 e. The molecule has 0 bridgehead atoms. The van der Waals surface area contributed by atoms with Crippen molar-refractivity contribution in [2.45, 2.75) is 52.1 Å². The minimum atomic E-state index is 0.306. The number of anilines is 1. The molecule has 5 heteroatoms. The van der Waals surface area contributed by atoms with E-state index in [1.54, 1.807) is 0 Å². The molecule has 5 nitrogen and oxygen atoms in total. The summed E-state index contributed by atoms with van der Waals surface area (Å²) < 4.78 is 11.7. The third-order valence-corrected chi connectivity index (χ3v) is 5.60. The number of rotatable bonds is 5. The molecule has 3 heterocycles. The summed E-state index contributed by atoms with van der Waals surface area (Å²) in [6.07, 6.45) is 12.1. The average Bonchev–Trinajstić information content (AvgIpc) is 3.05. The third kappa shape index (κ3) is 3.85. The van der Waals surface area contributed by atoms with Crippen LogP contribution in [0.15, 0.2) is 47.2 Å². The van der Waals surface area contributed by atoms with Gasteiger partial charge in [-0.25, -0.2) is 0 Å². The Kier molecular flexibility index (Phi) is 5.53. The van der Waals surface area contributed by atoms with Crippen LogP contribution in [-0.4, -0.2) is 30.4 Å². The van der Waals surface area contributed by atoms with E-state index in [0.717, 1.165) is 40.6 Å². The van der Waals surface area contributed by atoms with Crippen LogP contribution >= 0.6 is 0 Å². The monoisotopic (exact) mass is 379 g/mol. The molecule has 2 aromatic rings. The minimum Gasteiger partial charge on any atom is -0.491 e. The molecule has 1 fully saturated rings. The molecular weight excluding hydrogens is 350 g/mol. The third-order valence-electron chi connectivity index (χ3n) is 5.60. The molecule has 0 amide bonds. The summed E-state index contributed by atoms with van der Waals surface area (Å²) >= 11 is 0. The van der Waals surface area contributed by atoms with Gasteiger partial charge in [0.05, 0.1) is 11.3 Å². The van der Waals surface area contributed by atoms with Crippen molar-refractivity contribution in [3.8, 4) is 16.9 Å². The Morgan fingerprint density at radius 3 is 2.86 bits per heavy atom. The lowest BCUT2D eigenvalue weighted by Gasteiger charge is -2.29. The van der Waals surface area contributed by atoms with E-state index in [9.17, 15) is 0 Å². The maximum atomic E-state index is 6.30. The van der Waals surface area contributed by atoms with E-state index in [-0.39, 0.29) is 0 Å². The maximum Gasteiger partial charge on any atom is 0.141 e. The van der Waals surface area contributed by atoms with Crippen molar-refractivity contribution in [1.29, 1.82) is 0 Å². The number of allylic oxidation sites excluding steroid dienone is 2. The van der Waals surface area contributed by atoms with Crippen LogP contribution in [0.1, 0.15) is 37.6 Å². The molecule has 1 saturated heterocycles. The van der Waals surface area contributed by atoms with Crippen LogP contribution in [-0.2, 0) is 0 Å². The van der Waals surface area contributed by atoms with Gasteiger partial charge in [0.15, 0.2) is 0 Å². The van der Waals surface area contributed by atoms with E-state index < -0.39 is 0 Å². The van der Waals surface area contributed by atoms with Gasteiger partial charge >= 0.3 is 0 Å². The first-order valence-corrected chi connectivity index (χ1v) is 10.2. The van der Waals surface area contributed by atoms with E-state index in [4.69, 9.17) is 9.26 Å². The summed E-state index contributed by atoms with van der Waals surface area (Å²) in [6, 6.07) is 7.13. The van der Waals surface area contributed by atoms with Gasteiger partial charge in [-0.3, -0.25) is 0 Å². The van der Waals surface area contributed by atoms with Crippen molar-refractivity contribution in [3.05, 3.63) is 54.1 Å². The lowest BCUT2D eigenvalue weighted by molar-refractivity contribution is 0.240. The fourth-order valence-corrected chi connectivity index (χ4v) is 4.04. The van der Waals surface area contributed by atoms with Crippen LogP contribution in [0.5, 0.6) is 5.75 Å². The van der Waals surface area contributed by atoms with Crippen molar-refractivity contribution in [1.82, 2.24) is 10.5 Å². The number of aryl methyl sites for hydroxylation is 2. The second-order valence-corrected chi connectivity index (χ2v) is 7.71. The number of ether oxygens (including phenoxy) is 1. The standard InChI is InChI=1S/C23H29N3O2/c1-16-8-5-7-13-26(16)20-10-11-22(27-15-19-9-4-6-12-24-19)21(14-20)23-17(2)25-28-18(23)3/h5,7-8,10-11,13-14,16,19,24H,4,6,9,12,15H2,1-3H3/t16?,19-/m1/s1. The molecule has 2 atom stereocenters. The van der Waals surface area contributed by atoms with Crippen LogP contribution in [0, 0.1) is 13.8 Å². The molecule has 148 valence electrons. The zero-order valence-corrected chi connectivity index (χ0v) is 16.9. The van der Waals surface area contributed by atoms with Crippen LogP contribution in [0.25, 0.3) is 11.1 Å². The quantitative estimate of drug-likeness (QED) is 0.812. The number of hydrogen-bond donors (Lipinski definition) is 1. The number of hydrogen-bond acceptors (Lipinski definition) is 5. The highest BCUT2D eigenvalue weighted by Gasteiger charge is 2.21. The molecule has 28 heavy (non-hydrogen) atoms. The van der Waals surface area contributed by atoms with Gasteiger partial charge in [-0.1, -0.05) is 23.7 Å². The number of piperidine rings is 1. The Morgan fingerprint density at radius 2 is 2.14 bits per heavy atom. The molecule has 0 spiro atoms. The molecule has 4 rings (SSSR count). The zero-order chi connectivity index (χ0) is 19.5. The van der Waals surface area contributed by atoms with Gasteiger partial charge in [0.25, 0.3) is 0 Å². The summed E-state index contributed by atoms with van der Waals surface area (Å²) in [6.45, 7) is 7.89. The highest BCUT2D eigenvalue weighted by molar-refractivity contribution is 5.78. The molecule has 0 saturated carbocycles. The first kappa shape index (κ1) is 18.8. The largest absolute Gasteiger partial charge is 0.491 e. The highest BCUT2D eigenvalue weighted by atomic mass is 16.5. The summed E-state index contributed by atoms with van der Waals surface area (Å²) in [5.74, 6) is 1.70. The Hall–Kier alpha value is -2.53. The fourth-order valence-electron chi connectivity index (χ4n) is 4.04. The second-order valence-electron chi connectivity index (χ2n) is 7.71. The van der Waals surface area contributed by atoms with Crippen molar-refractivity contribution in [2.24, 2.45) is 0 Å². The average molecular weight is 380 g/mol. The molecule has 2 aliphatic heterocycles. The van der Waals surface area contributed by atoms with E-state index in [1.807, 2.05) is 13.8 Å². The summed E-state index contributed by atoms with van der Waals surface area (Å²) in [4.78, 5) is 2.26. The lowest BCUT2D eigenvalue weighted by Crippen LogP contribution is -2.38. The Morgan fingerprint density at radius 1 is 1.25 bits per heavy atom. The van der Waals surface area contributed by atoms with E-state index >= 15 is 0 Å². The van der Waals surface area contributed by atoms with Crippen molar-refractivity contribution in [2.75, 3.05) is 18.1 Å². The number of aromatic nitrogens is 1. The number of benzene rings is 1. The predicted molar refractivity (Wildman–Crippen MR) is 113 cm³/mol. The van der Waals surface area contributed by atoms with E-state index in [2.05, 4.69) is 64.9 Å². The van der Waals surface area contributed by atoms with Crippen LogP contribution in [0.3, 0.4) is 0 Å². The molecule has 0 aliphatic carbocycles. The zero-order valence-electron chi connectivity index (χ0n) is 16.9. The number of nitrogens with one attached hydrogen (secondary N) is 1. The van der Waals surface area contributed by atoms with Crippen LogP contribution < -0.4 is 15.0 Å². The van der Waals surface area contributed by atoms with E-state index in [0.29, 0.717) is 18.7 Å². The molecule has 0 radical (unpaired) electrons. The molecule has 1 aromatic heterocycles. The first-order chi connectivity index (χ1) is 13.6. The Labute approximate surface area is 167 Å². The molecule has 2 aliphatic rings. The van der Waals surface area contributed by atoms with Crippen molar-refractivity contribution < 1.29 is 9.26 Å². The molecule has 1 N–H and O–H groups in total. The van der Waals surface area contributed by atoms with Crippen LogP contribution in [0.4, 0.5) is 5.69 Å². The summed E-state index contributed by atoms with van der Waals surface area (Å²) in [7, 11) is 0. The van der Waals surface area contributed by atoms with Gasteiger partial charge in [0, 0.05) is 29.5 Å². The fraction of sp³-hybridized carbons (Fsp3) is 0.435. The lowest BCUT2D eigenvalue weighted by atomic mass is 10.0. The first-order valence-electron chi connectivity index (χ1n) is 10.2. The van der Waals surface area contributed by atoms with Gasteiger partial charge < -0.3 is 19.5 Å². The van der Waals surface area contributed by atoms with Gasteiger partial charge in [-0.15, -0.1) is 0 Å². The topological polar surface area (TPSA) is 50.5 Å².